The Hall–Kier alpha value is -1.51. The van der Waals surface area contributed by atoms with Gasteiger partial charge in [0.25, 0.3) is 0 Å². The molecule has 104 valence electrons. The minimum Gasteiger partial charge on any atom is -0.495 e. The molecule has 2 unspecified atom stereocenters. The molecule has 1 aliphatic rings. The number of hydrogen-bond acceptors (Lipinski definition) is 2. The second-order valence-electron chi connectivity index (χ2n) is 5.17. The molecule has 0 aromatic heterocycles. The first kappa shape index (κ1) is 13.5. The van der Waals surface area contributed by atoms with E-state index < -0.39 is 0 Å². The van der Waals surface area contributed by atoms with Crippen molar-refractivity contribution in [3.8, 4) is 5.75 Å². The molecule has 2 aromatic rings. The van der Waals surface area contributed by atoms with Gasteiger partial charge in [-0.15, -0.1) is 0 Å². The van der Waals surface area contributed by atoms with E-state index in [-0.39, 0.29) is 0 Å². The van der Waals surface area contributed by atoms with Gasteiger partial charge >= 0.3 is 0 Å². The largest absolute Gasteiger partial charge is 0.495 e. The van der Waals surface area contributed by atoms with Crippen LogP contribution in [0.15, 0.2) is 48.5 Å². The van der Waals surface area contributed by atoms with Gasteiger partial charge in [-0.2, -0.15) is 0 Å². The van der Waals surface area contributed by atoms with Crippen LogP contribution >= 0.6 is 11.6 Å². The molecule has 0 aliphatic heterocycles. The molecule has 1 N–H and O–H groups in total. The van der Waals surface area contributed by atoms with Crippen molar-refractivity contribution in [1.82, 2.24) is 5.32 Å². The molecule has 2 nitrogen and oxygen atoms in total. The molecule has 0 saturated heterocycles. The maximum atomic E-state index is 6.30. The van der Waals surface area contributed by atoms with Crippen molar-refractivity contribution in [3.63, 3.8) is 0 Å². The summed E-state index contributed by atoms with van der Waals surface area (Å²) in [4.78, 5) is 0. The van der Waals surface area contributed by atoms with Crippen LogP contribution in [-0.2, 0) is 6.54 Å². The Balaban J connectivity index is 1.59. The lowest BCUT2D eigenvalue weighted by Crippen LogP contribution is -2.17. The van der Waals surface area contributed by atoms with Gasteiger partial charge in [-0.3, -0.25) is 0 Å². The number of hydrogen-bond donors (Lipinski definition) is 1. The summed E-state index contributed by atoms with van der Waals surface area (Å²) in [6.45, 7) is 0.782. The molecule has 3 rings (SSSR count). The summed E-state index contributed by atoms with van der Waals surface area (Å²) in [5, 5.41) is 4.28. The van der Waals surface area contributed by atoms with Gasteiger partial charge in [0.15, 0.2) is 0 Å². The SMILES string of the molecule is COc1cccc(CNC2CC2c2ccccc2)c1Cl. The van der Waals surface area contributed by atoms with Crippen molar-refractivity contribution < 1.29 is 4.74 Å². The van der Waals surface area contributed by atoms with Gasteiger partial charge in [-0.25, -0.2) is 0 Å². The average molecular weight is 288 g/mol. The van der Waals surface area contributed by atoms with Gasteiger partial charge in [0.1, 0.15) is 5.75 Å². The smallest absolute Gasteiger partial charge is 0.137 e. The lowest BCUT2D eigenvalue weighted by Gasteiger charge is -2.09. The number of halogens is 1. The van der Waals surface area contributed by atoms with Crippen molar-refractivity contribution in [2.45, 2.75) is 24.9 Å². The third kappa shape index (κ3) is 2.82. The normalized spacial score (nSPS) is 20.7. The zero-order valence-electron chi connectivity index (χ0n) is 11.5. The molecule has 1 aliphatic carbocycles. The van der Waals surface area contributed by atoms with Crippen molar-refractivity contribution in [2.75, 3.05) is 7.11 Å². The van der Waals surface area contributed by atoms with E-state index in [2.05, 4.69) is 35.6 Å². The van der Waals surface area contributed by atoms with Gasteiger partial charge in [-0.1, -0.05) is 54.1 Å². The Morgan fingerprint density at radius 3 is 2.70 bits per heavy atom. The van der Waals surface area contributed by atoms with Gasteiger partial charge in [0.2, 0.25) is 0 Å². The van der Waals surface area contributed by atoms with Gasteiger partial charge in [0, 0.05) is 18.5 Å². The highest BCUT2D eigenvalue weighted by Gasteiger charge is 2.37. The van der Waals surface area contributed by atoms with E-state index in [1.807, 2.05) is 18.2 Å². The molecule has 1 saturated carbocycles. The highest BCUT2D eigenvalue weighted by molar-refractivity contribution is 6.32. The van der Waals surface area contributed by atoms with Crippen LogP contribution in [0.3, 0.4) is 0 Å². The molecule has 0 heterocycles. The molecule has 1 fully saturated rings. The topological polar surface area (TPSA) is 21.3 Å². The minimum absolute atomic E-state index is 0.555. The van der Waals surface area contributed by atoms with E-state index in [1.165, 1.54) is 12.0 Å². The average Bonchev–Trinajstić information content (AvgIpc) is 3.27. The molecule has 2 atom stereocenters. The summed E-state index contributed by atoms with van der Waals surface area (Å²) in [6, 6.07) is 17.1. The fourth-order valence-corrected chi connectivity index (χ4v) is 2.85. The van der Waals surface area contributed by atoms with E-state index in [4.69, 9.17) is 16.3 Å². The maximum Gasteiger partial charge on any atom is 0.137 e. The number of benzene rings is 2. The fraction of sp³-hybridized carbons (Fsp3) is 0.294. The highest BCUT2D eigenvalue weighted by Crippen LogP contribution is 2.41. The van der Waals surface area contributed by atoms with Crippen LogP contribution < -0.4 is 10.1 Å². The Morgan fingerprint density at radius 2 is 1.95 bits per heavy atom. The summed E-state index contributed by atoms with van der Waals surface area (Å²) in [7, 11) is 1.64. The number of methoxy groups -OCH3 is 1. The third-order valence-electron chi connectivity index (χ3n) is 3.84. The van der Waals surface area contributed by atoms with Crippen LogP contribution in [0.25, 0.3) is 0 Å². The number of nitrogens with one attached hydrogen (secondary N) is 1. The molecular formula is C17H18ClNO. The van der Waals surface area contributed by atoms with Crippen molar-refractivity contribution >= 4 is 11.6 Å². The van der Waals surface area contributed by atoms with E-state index in [1.54, 1.807) is 7.11 Å². The Kier molecular flexibility index (Phi) is 3.95. The Bertz CT molecular complexity index is 585. The first-order chi connectivity index (χ1) is 9.79. The predicted octanol–water partition coefficient (Wildman–Crippen LogP) is 3.99. The summed E-state index contributed by atoms with van der Waals surface area (Å²) < 4.78 is 5.24. The monoisotopic (exact) mass is 287 g/mol. The van der Waals surface area contributed by atoms with Gasteiger partial charge < -0.3 is 10.1 Å². The number of rotatable bonds is 5. The van der Waals surface area contributed by atoms with E-state index in [9.17, 15) is 0 Å². The lowest BCUT2D eigenvalue weighted by molar-refractivity contribution is 0.414. The first-order valence-electron chi connectivity index (χ1n) is 6.89. The summed E-state index contributed by atoms with van der Waals surface area (Å²) in [5.41, 5.74) is 2.51. The van der Waals surface area contributed by atoms with Crippen LogP contribution in [0.1, 0.15) is 23.5 Å². The maximum absolute atomic E-state index is 6.30. The molecule has 3 heteroatoms. The molecule has 2 aromatic carbocycles. The van der Waals surface area contributed by atoms with Gasteiger partial charge in [-0.05, 0) is 23.6 Å². The second-order valence-corrected chi connectivity index (χ2v) is 5.55. The van der Waals surface area contributed by atoms with Crippen molar-refractivity contribution in [1.29, 1.82) is 0 Å². The van der Waals surface area contributed by atoms with Gasteiger partial charge in [0.05, 0.1) is 12.1 Å². The summed E-state index contributed by atoms with van der Waals surface area (Å²) in [6.07, 6.45) is 1.20. The zero-order valence-corrected chi connectivity index (χ0v) is 12.2. The molecule has 0 amide bonds. The third-order valence-corrected chi connectivity index (χ3v) is 4.27. The fourth-order valence-electron chi connectivity index (χ4n) is 2.58. The Morgan fingerprint density at radius 1 is 1.15 bits per heavy atom. The number of ether oxygens (including phenoxy) is 1. The molecule has 0 spiro atoms. The van der Waals surface area contributed by atoms with Crippen LogP contribution in [-0.4, -0.2) is 13.2 Å². The van der Waals surface area contributed by atoms with E-state index in [0.717, 1.165) is 17.9 Å². The van der Waals surface area contributed by atoms with Crippen LogP contribution in [0.4, 0.5) is 0 Å². The van der Waals surface area contributed by atoms with Crippen molar-refractivity contribution in [2.24, 2.45) is 0 Å². The van der Waals surface area contributed by atoms with Crippen LogP contribution in [0, 0.1) is 0 Å². The zero-order chi connectivity index (χ0) is 13.9. The predicted molar refractivity (Wildman–Crippen MR) is 82.4 cm³/mol. The standard InChI is InChI=1S/C17H18ClNO/c1-20-16-9-5-8-13(17(16)18)11-19-15-10-14(15)12-6-3-2-4-7-12/h2-9,14-15,19H,10-11H2,1H3. The molecule has 0 bridgehead atoms. The lowest BCUT2D eigenvalue weighted by atomic mass is 10.1. The summed E-state index contributed by atoms with van der Waals surface area (Å²) >= 11 is 6.30. The molecular weight excluding hydrogens is 270 g/mol. The van der Waals surface area contributed by atoms with Crippen LogP contribution in [0.2, 0.25) is 5.02 Å². The Labute approximate surface area is 124 Å². The quantitative estimate of drug-likeness (QED) is 0.898. The summed E-state index contributed by atoms with van der Waals surface area (Å²) in [5.74, 6) is 1.38. The van der Waals surface area contributed by atoms with Crippen LogP contribution in [0.5, 0.6) is 5.75 Å². The minimum atomic E-state index is 0.555. The highest BCUT2D eigenvalue weighted by atomic mass is 35.5. The second kappa shape index (κ2) is 5.86. The van der Waals surface area contributed by atoms with Crippen molar-refractivity contribution in [3.05, 3.63) is 64.7 Å². The molecule has 20 heavy (non-hydrogen) atoms. The van der Waals surface area contributed by atoms with E-state index in [0.29, 0.717) is 17.0 Å². The van der Waals surface area contributed by atoms with E-state index >= 15 is 0 Å². The molecule has 0 radical (unpaired) electrons. The first-order valence-corrected chi connectivity index (χ1v) is 7.27.